The average Bonchev–Trinajstić information content (AvgIpc) is 2.45. The van der Waals surface area contributed by atoms with Crippen LogP contribution in [0.2, 0.25) is 0 Å². The van der Waals surface area contributed by atoms with Crippen LogP contribution in [0.5, 0.6) is 0 Å². The molecular weight excluding hydrogens is 300 g/mol. The molecule has 0 atom stereocenters. The number of hydrogen-bond donors (Lipinski definition) is 2. The van der Waals surface area contributed by atoms with Crippen LogP contribution in [0.15, 0.2) is 0 Å². The number of anilines is 1. The van der Waals surface area contributed by atoms with Crippen LogP contribution in [0.25, 0.3) is 0 Å². The lowest BCUT2D eigenvalue weighted by atomic mass is 9.84. The molecule has 1 aliphatic rings. The van der Waals surface area contributed by atoms with Crippen molar-refractivity contribution in [1.29, 1.82) is 0 Å². The summed E-state index contributed by atoms with van der Waals surface area (Å²) in [6.45, 7) is 5.08. The summed E-state index contributed by atoms with van der Waals surface area (Å²) in [6, 6.07) is 0. The van der Waals surface area contributed by atoms with Gasteiger partial charge in [-0.25, -0.2) is 0 Å². The number of nitrogens with zero attached hydrogens (tertiary/aromatic N) is 2. The minimum absolute atomic E-state index is 0.338. The second kappa shape index (κ2) is 6.92. The lowest BCUT2D eigenvalue weighted by molar-refractivity contribution is 0.379. The van der Waals surface area contributed by atoms with Crippen LogP contribution in [0.1, 0.15) is 49.9 Å². The largest absolute Gasteiger partial charge is 0.389 e. The highest BCUT2D eigenvalue weighted by Gasteiger charge is 2.36. The van der Waals surface area contributed by atoms with Gasteiger partial charge in [0.15, 0.2) is 5.82 Å². The molecule has 0 aliphatic heterocycles. The molecule has 3 N–H and O–H groups in total. The van der Waals surface area contributed by atoms with Crippen molar-refractivity contribution in [3.8, 4) is 0 Å². The molecule has 0 saturated heterocycles. The summed E-state index contributed by atoms with van der Waals surface area (Å²) in [5.41, 5.74) is 8.96. The molecule has 0 amide bonds. The summed E-state index contributed by atoms with van der Waals surface area (Å²) in [7, 11) is 0. The van der Waals surface area contributed by atoms with Gasteiger partial charge in [-0.15, -0.1) is 5.10 Å². The van der Waals surface area contributed by atoms with Crippen LogP contribution in [-0.2, 0) is 12.8 Å². The minimum Gasteiger partial charge on any atom is -0.389 e. The van der Waals surface area contributed by atoms with Gasteiger partial charge in [0.2, 0.25) is 0 Å². The normalized spacial score (nSPS) is 16.3. The van der Waals surface area contributed by atoms with Crippen LogP contribution in [0.4, 0.5) is 5.82 Å². The summed E-state index contributed by atoms with van der Waals surface area (Å²) < 4.78 is 0.338. The molecule has 1 saturated carbocycles. The standard InChI is InChI=1S/C15H24N4S2/c1-4-10-11(5-2)18-19-14(12(10)13(16)20)17-9-15(21-3)7-6-8-15/h4-9H2,1-3H3,(H2,16,20)(H,17,19). The second-order valence-corrected chi connectivity index (χ2v) is 7.23. The quantitative estimate of drug-likeness (QED) is 0.752. The number of rotatable bonds is 7. The summed E-state index contributed by atoms with van der Waals surface area (Å²) in [4.78, 5) is 0.408. The number of thioether (sulfide) groups is 1. The zero-order valence-corrected chi connectivity index (χ0v) is 14.7. The first-order valence-corrected chi connectivity index (χ1v) is 9.17. The smallest absolute Gasteiger partial charge is 0.159 e. The molecule has 21 heavy (non-hydrogen) atoms. The Morgan fingerprint density at radius 1 is 1.33 bits per heavy atom. The maximum absolute atomic E-state index is 5.95. The molecular formula is C15H24N4S2. The Morgan fingerprint density at radius 3 is 2.48 bits per heavy atom. The second-order valence-electron chi connectivity index (χ2n) is 5.51. The van der Waals surface area contributed by atoms with Gasteiger partial charge < -0.3 is 11.1 Å². The molecule has 0 radical (unpaired) electrons. The molecule has 1 aromatic rings. The van der Waals surface area contributed by atoms with E-state index >= 15 is 0 Å². The maximum atomic E-state index is 5.95. The third-order valence-corrected chi connectivity index (χ3v) is 5.99. The van der Waals surface area contributed by atoms with Gasteiger partial charge in [0, 0.05) is 11.3 Å². The first kappa shape index (κ1) is 16.5. The summed E-state index contributed by atoms with van der Waals surface area (Å²) >= 11 is 7.19. The van der Waals surface area contributed by atoms with Crippen LogP contribution in [-0.4, -0.2) is 32.7 Å². The highest BCUT2D eigenvalue weighted by molar-refractivity contribution is 8.00. The predicted molar refractivity (Wildman–Crippen MR) is 95.3 cm³/mol. The van der Waals surface area contributed by atoms with E-state index in [1.165, 1.54) is 19.3 Å². The zero-order valence-electron chi connectivity index (χ0n) is 13.0. The van der Waals surface area contributed by atoms with Crippen LogP contribution < -0.4 is 11.1 Å². The fraction of sp³-hybridized carbons (Fsp3) is 0.667. The molecule has 1 heterocycles. The zero-order chi connectivity index (χ0) is 15.5. The van der Waals surface area contributed by atoms with Gasteiger partial charge in [-0.3, -0.25) is 0 Å². The molecule has 1 aromatic heterocycles. The molecule has 6 heteroatoms. The van der Waals surface area contributed by atoms with E-state index in [0.717, 1.165) is 42.0 Å². The molecule has 0 aromatic carbocycles. The van der Waals surface area contributed by atoms with Crippen LogP contribution in [0, 0.1) is 0 Å². The molecule has 1 fully saturated rings. The van der Waals surface area contributed by atoms with Gasteiger partial charge >= 0.3 is 0 Å². The predicted octanol–water partition coefficient (Wildman–Crippen LogP) is 2.93. The van der Waals surface area contributed by atoms with Gasteiger partial charge in [0.1, 0.15) is 4.99 Å². The number of aryl methyl sites for hydroxylation is 1. The van der Waals surface area contributed by atoms with Gasteiger partial charge in [-0.05, 0) is 37.5 Å². The highest BCUT2D eigenvalue weighted by Crippen LogP contribution is 2.42. The number of nitrogens with two attached hydrogens (primary N) is 1. The highest BCUT2D eigenvalue weighted by atomic mass is 32.2. The van der Waals surface area contributed by atoms with E-state index in [0.29, 0.717) is 9.74 Å². The Kier molecular flexibility index (Phi) is 5.43. The molecule has 4 nitrogen and oxygen atoms in total. The van der Waals surface area contributed by atoms with Gasteiger partial charge in [-0.1, -0.05) is 32.5 Å². The summed E-state index contributed by atoms with van der Waals surface area (Å²) in [5, 5.41) is 12.1. The van der Waals surface area contributed by atoms with Crippen molar-refractivity contribution in [2.24, 2.45) is 5.73 Å². The number of thiocarbonyl (C=S) groups is 1. The van der Waals surface area contributed by atoms with E-state index in [2.05, 4.69) is 35.6 Å². The Bertz CT molecular complexity index is 521. The van der Waals surface area contributed by atoms with Gasteiger partial charge in [-0.2, -0.15) is 16.9 Å². The Balaban J connectivity index is 2.28. The topological polar surface area (TPSA) is 63.8 Å². The Labute approximate surface area is 136 Å². The molecule has 0 spiro atoms. The summed E-state index contributed by atoms with van der Waals surface area (Å²) in [5.74, 6) is 0.747. The van der Waals surface area contributed by atoms with E-state index in [-0.39, 0.29) is 0 Å². The lowest BCUT2D eigenvalue weighted by Gasteiger charge is -2.40. The van der Waals surface area contributed by atoms with E-state index in [1.54, 1.807) is 0 Å². The first-order valence-electron chi connectivity index (χ1n) is 7.54. The minimum atomic E-state index is 0.338. The van der Waals surface area contributed by atoms with Gasteiger partial charge in [0.25, 0.3) is 0 Å². The number of hydrogen-bond acceptors (Lipinski definition) is 5. The SMILES string of the molecule is CCc1nnc(NCC2(SC)CCC2)c(C(N)=S)c1CC. The monoisotopic (exact) mass is 324 g/mol. The lowest BCUT2D eigenvalue weighted by Crippen LogP contribution is -2.40. The third-order valence-electron chi connectivity index (χ3n) is 4.37. The van der Waals surface area contributed by atoms with Crippen LogP contribution >= 0.6 is 24.0 Å². The molecule has 0 unspecified atom stereocenters. The number of nitrogens with one attached hydrogen (secondary N) is 1. The van der Waals surface area contributed by atoms with E-state index in [1.807, 2.05) is 11.8 Å². The van der Waals surface area contributed by atoms with Crippen molar-refractivity contribution in [1.82, 2.24) is 10.2 Å². The van der Waals surface area contributed by atoms with Crippen molar-refractivity contribution in [3.63, 3.8) is 0 Å². The fourth-order valence-corrected chi connectivity index (χ4v) is 3.96. The first-order chi connectivity index (χ1) is 10.1. The number of aromatic nitrogens is 2. The van der Waals surface area contributed by atoms with Crippen molar-refractivity contribution in [2.45, 2.75) is 50.7 Å². The average molecular weight is 325 g/mol. The van der Waals surface area contributed by atoms with Crippen molar-refractivity contribution in [2.75, 3.05) is 18.1 Å². The van der Waals surface area contributed by atoms with Crippen molar-refractivity contribution < 1.29 is 0 Å². The van der Waals surface area contributed by atoms with E-state index < -0.39 is 0 Å². The Morgan fingerprint density at radius 2 is 2.05 bits per heavy atom. The maximum Gasteiger partial charge on any atom is 0.159 e. The van der Waals surface area contributed by atoms with E-state index in [4.69, 9.17) is 18.0 Å². The molecule has 0 bridgehead atoms. The van der Waals surface area contributed by atoms with Crippen molar-refractivity contribution >= 4 is 34.8 Å². The molecule has 1 aliphatic carbocycles. The third kappa shape index (κ3) is 3.31. The van der Waals surface area contributed by atoms with Crippen molar-refractivity contribution in [3.05, 3.63) is 16.8 Å². The van der Waals surface area contributed by atoms with Crippen LogP contribution in [0.3, 0.4) is 0 Å². The Hall–Kier alpha value is -0.880. The van der Waals surface area contributed by atoms with Gasteiger partial charge in [0.05, 0.1) is 11.3 Å². The van der Waals surface area contributed by atoms with E-state index in [9.17, 15) is 0 Å². The fourth-order valence-electron chi connectivity index (χ4n) is 2.83. The molecule has 2 rings (SSSR count). The summed E-state index contributed by atoms with van der Waals surface area (Å²) in [6.07, 6.45) is 7.72. The molecule has 116 valence electrons.